The lowest BCUT2D eigenvalue weighted by Crippen LogP contribution is -2.30. The number of esters is 3. The molecule has 6 nitrogen and oxygen atoms in total. The van der Waals surface area contributed by atoms with Gasteiger partial charge in [-0.2, -0.15) is 0 Å². The van der Waals surface area contributed by atoms with Gasteiger partial charge in [0.05, 0.1) is 0 Å². The summed E-state index contributed by atoms with van der Waals surface area (Å²) in [5, 5.41) is 0. The second kappa shape index (κ2) is 70.8. The third kappa shape index (κ3) is 69.0. The van der Waals surface area contributed by atoms with Gasteiger partial charge in [-0.25, -0.2) is 0 Å². The monoisotopic (exact) mass is 1160 g/mol. The Morgan fingerprint density at radius 2 is 0.470 bits per heavy atom. The third-order valence-corrected chi connectivity index (χ3v) is 15.5. The molecule has 0 rings (SSSR count). The van der Waals surface area contributed by atoms with E-state index in [0.717, 1.165) is 103 Å². The number of hydrogen-bond acceptors (Lipinski definition) is 6. The Morgan fingerprint density at radius 3 is 0.759 bits per heavy atom. The molecule has 0 aromatic rings. The highest BCUT2D eigenvalue weighted by atomic mass is 16.6. The highest BCUT2D eigenvalue weighted by molar-refractivity contribution is 5.71. The molecule has 1 atom stereocenters. The zero-order chi connectivity index (χ0) is 59.9. The summed E-state index contributed by atoms with van der Waals surface area (Å²) in [7, 11) is 0. The van der Waals surface area contributed by atoms with Gasteiger partial charge in [0.1, 0.15) is 13.2 Å². The van der Waals surface area contributed by atoms with Crippen LogP contribution in [0, 0.1) is 0 Å². The van der Waals surface area contributed by atoms with Crippen LogP contribution in [0.4, 0.5) is 0 Å². The molecule has 0 bridgehead atoms. The maximum Gasteiger partial charge on any atom is 0.306 e. The molecular formula is C77H134O6. The molecule has 0 N–H and O–H groups in total. The van der Waals surface area contributed by atoms with Gasteiger partial charge in [0.2, 0.25) is 0 Å². The second-order valence-corrected chi connectivity index (χ2v) is 23.8. The molecular weight excluding hydrogens is 1020 g/mol. The lowest BCUT2D eigenvalue weighted by atomic mass is 10.0. The molecule has 83 heavy (non-hydrogen) atoms. The van der Waals surface area contributed by atoms with Gasteiger partial charge in [-0.3, -0.25) is 14.4 Å². The van der Waals surface area contributed by atoms with Crippen molar-refractivity contribution in [2.45, 2.75) is 361 Å². The van der Waals surface area contributed by atoms with Crippen LogP contribution in [0.3, 0.4) is 0 Å². The van der Waals surface area contributed by atoms with E-state index in [9.17, 15) is 14.4 Å². The van der Waals surface area contributed by atoms with E-state index in [2.05, 4.69) is 118 Å². The number of hydrogen-bond donors (Lipinski definition) is 0. The second-order valence-electron chi connectivity index (χ2n) is 23.8. The summed E-state index contributed by atoms with van der Waals surface area (Å²) in [5.41, 5.74) is 0. The van der Waals surface area contributed by atoms with Crippen molar-refractivity contribution in [3.63, 3.8) is 0 Å². The van der Waals surface area contributed by atoms with Crippen LogP contribution < -0.4 is 0 Å². The van der Waals surface area contributed by atoms with Crippen LogP contribution in [0.15, 0.2) is 97.2 Å². The van der Waals surface area contributed by atoms with Gasteiger partial charge < -0.3 is 14.2 Å². The number of carbonyl (C=O) groups is 3. The normalized spacial score (nSPS) is 12.7. The molecule has 1 unspecified atom stereocenters. The average molecular weight is 1160 g/mol. The van der Waals surface area contributed by atoms with Crippen molar-refractivity contribution >= 4 is 17.9 Å². The summed E-state index contributed by atoms with van der Waals surface area (Å²) in [5.74, 6) is -0.877. The Balaban J connectivity index is 4.37. The first-order valence-electron chi connectivity index (χ1n) is 35.7. The van der Waals surface area contributed by atoms with E-state index in [1.54, 1.807) is 0 Å². The van der Waals surface area contributed by atoms with Gasteiger partial charge >= 0.3 is 17.9 Å². The Kier molecular flexibility index (Phi) is 67.7. The summed E-state index contributed by atoms with van der Waals surface area (Å²) in [6.45, 7) is 6.53. The fourth-order valence-corrected chi connectivity index (χ4v) is 10.2. The molecule has 0 aromatic carbocycles. The quantitative estimate of drug-likeness (QED) is 0.0261. The van der Waals surface area contributed by atoms with Crippen LogP contribution in [0.5, 0.6) is 0 Å². The molecule has 6 heteroatoms. The summed E-state index contributed by atoms with van der Waals surface area (Å²) >= 11 is 0. The number of rotatable bonds is 65. The first-order chi connectivity index (χ1) is 41.0. The first-order valence-corrected chi connectivity index (χ1v) is 35.7. The van der Waals surface area contributed by atoms with Crippen LogP contribution in [0.2, 0.25) is 0 Å². The van der Waals surface area contributed by atoms with Crippen LogP contribution in [-0.4, -0.2) is 37.2 Å². The lowest BCUT2D eigenvalue weighted by molar-refractivity contribution is -0.167. The molecule has 478 valence electrons. The third-order valence-electron chi connectivity index (χ3n) is 15.5. The predicted octanol–water partition coefficient (Wildman–Crippen LogP) is 24.8. The van der Waals surface area contributed by atoms with E-state index in [-0.39, 0.29) is 31.1 Å². The molecule has 0 saturated carbocycles. The van der Waals surface area contributed by atoms with E-state index >= 15 is 0 Å². The Morgan fingerprint density at radius 1 is 0.253 bits per heavy atom. The first kappa shape index (κ1) is 79.3. The van der Waals surface area contributed by atoms with Gasteiger partial charge in [0, 0.05) is 19.3 Å². The number of ether oxygens (including phenoxy) is 3. The van der Waals surface area contributed by atoms with Crippen molar-refractivity contribution in [1.82, 2.24) is 0 Å². The smallest absolute Gasteiger partial charge is 0.306 e. The van der Waals surface area contributed by atoms with Gasteiger partial charge in [-0.1, -0.05) is 311 Å². The minimum absolute atomic E-state index is 0.0809. The maximum atomic E-state index is 13.0. The largest absolute Gasteiger partial charge is 0.462 e. The Hall–Kier alpha value is -3.67. The van der Waals surface area contributed by atoms with E-state index in [0.29, 0.717) is 19.3 Å². The zero-order valence-corrected chi connectivity index (χ0v) is 54.9. The molecule has 0 aliphatic carbocycles. The SMILES string of the molecule is CC/C=C\C/C=C\C/C=C\C/C=C\CCCCCCCCCCC(=O)OC(COC(=O)CCCCCCCCCCC/C=C\C/C=C\CCCCC)COC(=O)CCCCCCCCCCCCCCC/C=C\C/C=C\CCCCCCC. The van der Waals surface area contributed by atoms with E-state index in [4.69, 9.17) is 14.2 Å². The predicted molar refractivity (Wildman–Crippen MR) is 362 cm³/mol. The highest BCUT2D eigenvalue weighted by Crippen LogP contribution is 2.17. The average Bonchev–Trinajstić information content (AvgIpc) is 3.50. The van der Waals surface area contributed by atoms with Crippen molar-refractivity contribution in [2.75, 3.05) is 13.2 Å². The molecule has 0 aliphatic heterocycles. The lowest BCUT2D eigenvalue weighted by Gasteiger charge is -2.18. The molecule has 0 heterocycles. The number of carbonyl (C=O) groups excluding carboxylic acids is 3. The van der Waals surface area contributed by atoms with Crippen molar-refractivity contribution in [1.29, 1.82) is 0 Å². The van der Waals surface area contributed by atoms with E-state index in [1.165, 1.54) is 212 Å². The van der Waals surface area contributed by atoms with Crippen molar-refractivity contribution in [2.24, 2.45) is 0 Å². The summed E-state index contributed by atoms with van der Waals surface area (Å²) < 4.78 is 17.0. The van der Waals surface area contributed by atoms with Crippen molar-refractivity contribution in [3.8, 4) is 0 Å². The topological polar surface area (TPSA) is 78.9 Å². The minimum Gasteiger partial charge on any atom is -0.462 e. The minimum atomic E-state index is -0.787. The molecule has 0 radical (unpaired) electrons. The Bertz CT molecular complexity index is 1610. The van der Waals surface area contributed by atoms with Crippen LogP contribution in [0.25, 0.3) is 0 Å². The number of unbranched alkanes of at least 4 members (excludes halogenated alkanes) is 38. The summed E-state index contributed by atoms with van der Waals surface area (Å²) in [6, 6.07) is 0. The van der Waals surface area contributed by atoms with E-state index < -0.39 is 6.10 Å². The molecule has 0 spiro atoms. The van der Waals surface area contributed by atoms with Gasteiger partial charge in [0.15, 0.2) is 6.10 Å². The molecule has 0 aliphatic rings. The molecule has 0 fully saturated rings. The fraction of sp³-hybridized carbons (Fsp3) is 0.753. The molecule has 0 aromatic heterocycles. The van der Waals surface area contributed by atoms with Gasteiger partial charge in [-0.05, 0) is 122 Å². The van der Waals surface area contributed by atoms with E-state index in [1.807, 2.05) is 0 Å². The van der Waals surface area contributed by atoms with Gasteiger partial charge in [-0.15, -0.1) is 0 Å². The molecule has 0 saturated heterocycles. The summed E-state index contributed by atoms with van der Waals surface area (Å²) in [6.07, 6.45) is 95.6. The van der Waals surface area contributed by atoms with Gasteiger partial charge in [0.25, 0.3) is 0 Å². The van der Waals surface area contributed by atoms with Crippen LogP contribution in [0.1, 0.15) is 355 Å². The highest BCUT2D eigenvalue weighted by Gasteiger charge is 2.19. The standard InChI is InChI=1S/C77H134O6/c1-4-7-10-13-16-19-22-25-28-31-34-36-37-38-39-41-43-46-49-52-55-58-61-64-67-70-76(79)82-73-74(72-81-75(78)69-66-63-60-57-54-51-48-45-42-33-30-27-24-21-18-15-12-9-6-3)83-77(80)71-68-65-62-59-56-53-50-47-44-40-35-32-29-26-23-20-17-14-11-8-5-2/h8,11,17-18,20-22,25-27,29-31,34-35,40,74H,4-7,9-10,12-16,19,23-24,28,32-33,36-39,41-73H2,1-3H3/b11-8-,20-17-,21-18-,25-22-,29-26-,30-27-,34-31-,40-35-. The summed E-state index contributed by atoms with van der Waals surface area (Å²) in [4.78, 5) is 38.5. The van der Waals surface area contributed by atoms with Crippen molar-refractivity contribution < 1.29 is 28.6 Å². The van der Waals surface area contributed by atoms with Crippen LogP contribution >= 0.6 is 0 Å². The fourth-order valence-electron chi connectivity index (χ4n) is 10.2. The van der Waals surface area contributed by atoms with Crippen molar-refractivity contribution in [3.05, 3.63) is 97.2 Å². The molecule has 0 amide bonds. The van der Waals surface area contributed by atoms with Crippen LogP contribution in [-0.2, 0) is 28.6 Å². The Labute approximate surface area is 515 Å². The zero-order valence-electron chi connectivity index (χ0n) is 54.9. The maximum absolute atomic E-state index is 13.0. The number of allylic oxidation sites excluding steroid dienone is 16.